The lowest BCUT2D eigenvalue weighted by Crippen LogP contribution is -2.09. The van der Waals surface area contributed by atoms with E-state index in [-0.39, 0.29) is 17.1 Å². The molecule has 0 spiro atoms. The number of nitro benzene ring substituents is 1. The van der Waals surface area contributed by atoms with Gasteiger partial charge in [-0.2, -0.15) is 0 Å². The number of aromatic nitrogens is 2. The maximum atomic E-state index is 12.2. The van der Waals surface area contributed by atoms with E-state index in [9.17, 15) is 14.9 Å². The Kier molecular flexibility index (Phi) is 4.74. The summed E-state index contributed by atoms with van der Waals surface area (Å²) in [6.07, 6.45) is -0.798. The Balaban J connectivity index is 1.73. The molecule has 1 heterocycles. The first-order valence-electron chi connectivity index (χ1n) is 7.80. The highest BCUT2D eigenvalue weighted by molar-refractivity contribution is 5.90. The molecule has 0 saturated carbocycles. The van der Waals surface area contributed by atoms with Crippen LogP contribution < -0.4 is 0 Å². The summed E-state index contributed by atoms with van der Waals surface area (Å²) in [5.41, 5.74) is 1.75. The summed E-state index contributed by atoms with van der Waals surface area (Å²) in [5, 5.41) is 18.7. The van der Waals surface area contributed by atoms with Crippen molar-refractivity contribution in [3.8, 4) is 11.5 Å². The quantitative estimate of drug-likeness (QED) is 0.389. The van der Waals surface area contributed by atoms with Gasteiger partial charge >= 0.3 is 5.97 Å². The number of rotatable bonds is 5. The molecule has 0 aliphatic carbocycles. The summed E-state index contributed by atoms with van der Waals surface area (Å²) < 4.78 is 10.8. The SMILES string of the molecule is Cc1ccc(-c2nnc([C@@H](C)OC(=O)c3cccc([N+](=O)[O-])c3)o2)cc1. The van der Waals surface area contributed by atoms with Gasteiger partial charge in [-0.3, -0.25) is 10.1 Å². The molecule has 0 bridgehead atoms. The van der Waals surface area contributed by atoms with E-state index >= 15 is 0 Å². The van der Waals surface area contributed by atoms with Crippen molar-refractivity contribution in [3.05, 3.63) is 75.7 Å². The second kappa shape index (κ2) is 7.14. The Labute approximate surface area is 148 Å². The molecule has 2 aromatic carbocycles. The van der Waals surface area contributed by atoms with Gasteiger partial charge < -0.3 is 9.15 Å². The Morgan fingerprint density at radius 1 is 1.19 bits per heavy atom. The molecule has 132 valence electrons. The third kappa shape index (κ3) is 3.75. The highest BCUT2D eigenvalue weighted by Gasteiger charge is 2.21. The molecule has 0 saturated heterocycles. The summed E-state index contributed by atoms with van der Waals surface area (Å²) >= 11 is 0. The number of nitrogens with zero attached hydrogens (tertiary/aromatic N) is 3. The van der Waals surface area contributed by atoms with Crippen LogP contribution in [0.25, 0.3) is 11.5 Å². The fraction of sp³-hybridized carbons (Fsp3) is 0.167. The van der Waals surface area contributed by atoms with Gasteiger partial charge in [-0.25, -0.2) is 4.79 Å². The second-order valence-corrected chi connectivity index (χ2v) is 5.67. The summed E-state index contributed by atoms with van der Waals surface area (Å²) in [5.74, 6) is -0.256. The summed E-state index contributed by atoms with van der Waals surface area (Å²) in [6.45, 7) is 3.56. The van der Waals surface area contributed by atoms with Crippen molar-refractivity contribution in [1.29, 1.82) is 0 Å². The Morgan fingerprint density at radius 3 is 2.62 bits per heavy atom. The number of nitro groups is 1. The molecule has 1 atom stereocenters. The van der Waals surface area contributed by atoms with E-state index in [2.05, 4.69) is 10.2 Å². The molecule has 0 aliphatic rings. The van der Waals surface area contributed by atoms with E-state index < -0.39 is 17.0 Å². The van der Waals surface area contributed by atoms with E-state index in [0.29, 0.717) is 5.89 Å². The van der Waals surface area contributed by atoms with Crippen molar-refractivity contribution in [3.63, 3.8) is 0 Å². The topological polar surface area (TPSA) is 108 Å². The molecule has 1 aromatic heterocycles. The molecule has 8 heteroatoms. The molecular formula is C18H15N3O5. The lowest BCUT2D eigenvalue weighted by Gasteiger charge is -2.09. The van der Waals surface area contributed by atoms with Crippen LogP contribution in [-0.4, -0.2) is 21.1 Å². The summed E-state index contributed by atoms with van der Waals surface area (Å²) in [6, 6.07) is 12.9. The third-order valence-corrected chi connectivity index (χ3v) is 3.66. The lowest BCUT2D eigenvalue weighted by atomic mass is 10.1. The zero-order valence-electron chi connectivity index (χ0n) is 14.1. The molecule has 26 heavy (non-hydrogen) atoms. The van der Waals surface area contributed by atoms with E-state index in [1.54, 1.807) is 6.92 Å². The first kappa shape index (κ1) is 17.3. The van der Waals surface area contributed by atoms with Crippen LogP contribution in [0, 0.1) is 17.0 Å². The molecule has 0 aliphatic heterocycles. The minimum absolute atomic E-state index is 0.0734. The minimum atomic E-state index is -0.798. The predicted molar refractivity (Wildman–Crippen MR) is 91.4 cm³/mol. The first-order chi connectivity index (χ1) is 12.4. The summed E-state index contributed by atoms with van der Waals surface area (Å²) in [7, 11) is 0. The van der Waals surface area contributed by atoms with Gasteiger partial charge in [0.15, 0.2) is 6.10 Å². The fourth-order valence-corrected chi connectivity index (χ4v) is 2.24. The number of carbonyl (C=O) groups excluding carboxylic acids is 1. The van der Waals surface area contributed by atoms with Crippen LogP contribution in [0.15, 0.2) is 52.9 Å². The number of benzene rings is 2. The highest BCUT2D eigenvalue weighted by atomic mass is 16.6. The van der Waals surface area contributed by atoms with Crippen LogP contribution in [0.2, 0.25) is 0 Å². The summed E-state index contributed by atoms with van der Waals surface area (Å²) in [4.78, 5) is 22.4. The number of hydrogen-bond acceptors (Lipinski definition) is 7. The van der Waals surface area contributed by atoms with Crippen molar-refractivity contribution in [1.82, 2.24) is 10.2 Å². The predicted octanol–water partition coefficient (Wildman–Crippen LogP) is 3.87. The average Bonchev–Trinajstić information content (AvgIpc) is 3.12. The smallest absolute Gasteiger partial charge is 0.339 e. The fourth-order valence-electron chi connectivity index (χ4n) is 2.24. The number of hydrogen-bond donors (Lipinski definition) is 0. The zero-order valence-corrected chi connectivity index (χ0v) is 14.1. The van der Waals surface area contributed by atoms with Crippen LogP contribution in [-0.2, 0) is 4.74 Å². The average molecular weight is 353 g/mol. The zero-order chi connectivity index (χ0) is 18.7. The van der Waals surface area contributed by atoms with Crippen molar-refractivity contribution in [2.24, 2.45) is 0 Å². The van der Waals surface area contributed by atoms with Crippen molar-refractivity contribution < 1.29 is 18.9 Å². The maximum absolute atomic E-state index is 12.2. The van der Waals surface area contributed by atoms with Crippen LogP contribution >= 0.6 is 0 Å². The van der Waals surface area contributed by atoms with Crippen LogP contribution in [0.3, 0.4) is 0 Å². The van der Waals surface area contributed by atoms with Gasteiger partial charge in [-0.15, -0.1) is 10.2 Å². The highest BCUT2D eigenvalue weighted by Crippen LogP contribution is 2.24. The van der Waals surface area contributed by atoms with Crippen molar-refractivity contribution in [2.45, 2.75) is 20.0 Å². The molecule has 8 nitrogen and oxygen atoms in total. The molecule has 0 N–H and O–H groups in total. The van der Waals surface area contributed by atoms with E-state index in [0.717, 1.165) is 17.2 Å². The van der Waals surface area contributed by atoms with Crippen LogP contribution in [0.5, 0.6) is 0 Å². The molecular weight excluding hydrogens is 338 g/mol. The Bertz CT molecular complexity index is 949. The standard InChI is InChI=1S/C18H15N3O5/c1-11-6-8-13(9-7-11)17-20-19-16(26-17)12(2)25-18(22)14-4-3-5-15(10-14)21(23)24/h3-10,12H,1-2H3/t12-/m1/s1. The van der Waals surface area contributed by atoms with E-state index in [1.807, 2.05) is 31.2 Å². The number of esters is 1. The van der Waals surface area contributed by atoms with E-state index in [4.69, 9.17) is 9.15 Å². The normalized spacial score (nSPS) is 11.8. The molecule has 0 amide bonds. The molecule has 3 aromatic rings. The molecule has 0 unspecified atom stereocenters. The van der Waals surface area contributed by atoms with Gasteiger partial charge in [0.1, 0.15) is 0 Å². The molecule has 0 fully saturated rings. The van der Waals surface area contributed by atoms with Gasteiger partial charge in [0, 0.05) is 17.7 Å². The number of ether oxygens (including phenoxy) is 1. The second-order valence-electron chi connectivity index (χ2n) is 5.67. The van der Waals surface area contributed by atoms with Gasteiger partial charge in [-0.05, 0) is 32.0 Å². The third-order valence-electron chi connectivity index (χ3n) is 3.66. The van der Waals surface area contributed by atoms with Crippen LogP contribution in [0.4, 0.5) is 5.69 Å². The Hall–Kier alpha value is -3.55. The van der Waals surface area contributed by atoms with Gasteiger partial charge in [-0.1, -0.05) is 23.8 Å². The van der Waals surface area contributed by atoms with Gasteiger partial charge in [0.05, 0.1) is 10.5 Å². The minimum Gasteiger partial charge on any atom is -0.449 e. The maximum Gasteiger partial charge on any atom is 0.339 e. The first-order valence-corrected chi connectivity index (χ1v) is 7.80. The molecule has 3 rings (SSSR count). The lowest BCUT2D eigenvalue weighted by molar-refractivity contribution is -0.384. The molecule has 0 radical (unpaired) electrons. The monoisotopic (exact) mass is 353 g/mol. The number of non-ortho nitro benzene ring substituents is 1. The number of aryl methyl sites for hydroxylation is 1. The van der Waals surface area contributed by atoms with Gasteiger partial charge in [0.2, 0.25) is 5.89 Å². The van der Waals surface area contributed by atoms with Crippen molar-refractivity contribution in [2.75, 3.05) is 0 Å². The van der Waals surface area contributed by atoms with E-state index in [1.165, 1.54) is 18.2 Å². The van der Waals surface area contributed by atoms with Crippen LogP contribution in [0.1, 0.15) is 34.8 Å². The number of carbonyl (C=O) groups is 1. The Morgan fingerprint density at radius 2 is 1.92 bits per heavy atom. The van der Waals surface area contributed by atoms with Gasteiger partial charge in [0.25, 0.3) is 11.6 Å². The van der Waals surface area contributed by atoms with Crippen molar-refractivity contribution >= 4 is 11.7 Å². The largest absolute Gasteiger partial charge is 0.449 e.